The van der Waals surface area contributed by atoms with E-state index >= 15 is 0 Å². The zero-order valence-corrected chi connectivity index (χ0v) is 23.8. The maximum absolute atomic E-state index is 13.4. The molecule has 1 atom stereocenters. The average molecular weight is 557 g/mol. The fourth-order valence-electron chi connectivity index (χ4n) is 3.70. The van der Waals surface area contributed by atoms with Gasteiger partial charge in [0.25, 0.3) is 0 Å². The van der Waals surface area contributed by atoms with Crippen molar-refractivity contribution in [2.24, 2.45) is 0 Å². The van der Waals surface area contributed by atoms with Gasteiger partial charge in [-0.2, -0.15) is 0 Å². The molecule has 1 N–H and O–H groups in total. The van der Waals surface area contributed by atoms with Crippen molar-refractivity contribution < 1.29 is 18.0 Å². The molecule has 0 radical (unpaired) electrons. The molecule has 2 amide bonds. The highest BCUT2D eigenvalue weighted by Gasteiger charge is 2.31. The third-order valence-corrected chi connectivity index (χ3v) is 8.15. The van der Waals surface area contributed by atoms with Gasteiger partial charge >= 0.3 is 0 Å². The van der Waals surface area contributed by atoms with Gasteiger partial charge in [-0.25, -0.2) is 12.7 Å². The number of carbonyl (C=O) groups excluding carboxylic acids is 2. The Morgan fingerprint density at radius 2 is 1.67 bits per heavy atom. The van der Waals surface area contributed by atoms with E-state index in [0.29, 0.717) is 22.9 Å². The van der Waals surface area contributed by atoms with E-state index in [9.17, 15) is 18.0 Å². The molecule has 10 heteroatoms. The molecule has 7 nitrogen and oxygen atoms in total. The molecule has 0 fully saturated rings. The number of nitrogens with zero attached hydrogens (tertiary/aromatic N) is 2. The second kappa shape index (κ2) is 12.9. The van der Waals surface area contributed by atoms with Crippen LogP contribution in [-0.4, -0.2) is 54.6 Å². The number of halogens is 2. The van der Waals surface area contributed by atoms with Crippen molar-refractivity contribution in [1.29, 1.82) is 0 Å². The molecule has 0 heterocycles. The van der Waals surface area contributed by atoms with Crippen LogP contribution in [0.25, 0.3) is 0 Å². The molecule has 0 aliphatic carbocycles. The Morgan fingerprint density at radius 1 is 1.03 bits per heavy atom. The van der Waals surface area contributed by atoms with E-state index in [-0.39, 0.29) is 36.2 Å². The summed E-state index contributed by atoms with van der Waals surface area (Å²) in [5, 5.41) is 3.72. The van der Waals surface area contributed by atoms with Crippen molar-refractivity contribution in [3.05, 3.63) is 64.1 Å². The lowest BCUT2D eigenvalue weighted by Gasteiger charge is -2.33. The Bertz CT molecular complexity index is 1150. The summed E-state index contributed by atoms with van der Waals surface area (Å²) in [5.41, 5.74) is 0.278. The third-order valence-electron chi connectivity index (χ3n) is 5.54. The molecule has 0 bridgehead atoms. The highest BCUT2D eigenvalue weighted by molar-refractivity contribution is 7.89. The predicted octanol–water partition coefficient (Wildman–Crippen LogP) is 5.12. The Kier molecular flexibility index (Phi) is 10.8. The molecule has 198 valence electrons. The second-order valence-electron chi connectivity index (χ2n) is 9.68. The standard InChI is InChI=1S/C26H35Cl2N3O4S/c1-6-23(25(33)29-26(2,3)4)31(18-19-14-15-21(27)22(28)17-19)24(32)13-10-16-30(5)36(34,35)20-11-8-7-9-12-20/h7-9,11-12,14-15,17,23H,6,10,13,16,18H2,1-5H3,(H,29,33)/t23-/m1/s1. The lowest BCUT2D eigenvalue weighted by Crippen LogP contribution is -2.53. The van der Waals surface area contributed by atoms with E-state index in [4.69, 9.17) is 23.2 Å². The van der Waals surface area contributed by atoms with Gasteiger partial charge < -0.3 is 10.2 Å². The third kappa shape index (κ3) is 8.47. The second-order valence-corrected chi connectivity index (χ2v) is 12.5. The molecule has 36 heavy (non-hydrogen) atoms. The van der Waals surface area contributed by atoms with Gasteiger partial charge in [0.15, 0.2) is 0 Å². The molecule has 0 unspecified atom stereocenters. The lowest BCUT2D eigenvalue weighted by atomic mass is 10.0. The number of rotatable bonds is 11. The van der Waals surface area contributed by atoms with Crippen molar-refractivity contribution in [3.63, 3.8) is 0 Å². The van der Waals surface area contributed by atoms with Crippen molar-refractivity contribution >= 4 is 45.0 Å². The number of carbonyl (C=O) groups is 2. The fraction of sp³-hybridized carbons (Fsp3) is 0.462. The Hall–Kier alpha value is -2.13. The Labute approximate surface area is 224 Å². The molecule has 2 aromatic rings. The van der Waals surface area contributed by atoms with Crippen LogP contribution in [0, 0.1) is 0 Å². The first-order chi connectivity index (χ1) is 16.8. The Morgan fingerprint density at radius 3 is 2.22 bits per heavy atom. The zero-order chi connectivity index (χ0) is 27.1. The first-order valence-electron chi connectivity index (χ1n) is 11.8. The minimum absolute atomic E-state index is 0.0786. The van der Waals surface area contributed by atoms with Crippen LogP contribution >= 0.6 is 23.2 Å². The van der Waals surface area contributed by atoms with Crippen LogP contribution in [0.1, 0.15) is 52.5 Å². The first kappa shape index (κ1) is 30.1. The number of sulfonamides is 1. The average Bonchev–Trinajstić information content (AvgIpc) is 2.80. The van der Waals surface area contributed by atoms with Crippen LogP contribution in [0.15, 0.2) is 53.4 Å². The molecular formula is C26H35Cl2N3O4S. The molecule has 0 saturated carbocycles. The van der Waals surface area contributed by atoms with Crippen LogP contribution < -0.4 is 5.32 Å². The highest BCUT2D eigenvalue weighted by atomic mass is 35.5. The van der Waals surface area contributed by atoms with E-state index in [1.165, 1.54) is 28.4 Å². The SMILES string of the molecule is CC[C@H](C(=O)NC(C)(C)C)N(Cc1ccc(Cl)c(Cl)c1)C(=O)CCCN(C)S(=O)(=O)c1ccccc1. The van der Waals surface area contributed by atoms with E-state index in [1.807, 2.05) is 27.7 Å². The fourth-order valence-corrected chi connectivity index (χ4v) is 5.25. The summed E-state index contributed by atoms with van der Waals surface area (Å²) in [5.74, 6) is -0.496. The number of amides is 2. The van der Waals surface area contributed by atoms with Crippen molar-refractivity contribution in [1.82, 2.24) is 14.5 Å². The van der Waals surface area contributed by atoms with Gasteiger partial charge in [-0.15, -0.1) is 0 Å². The summed E-state index contributed by atoms with van der Waals surface area (Å²) in [7, 11) is -2.16. The first-order valence-corrected chi connectivity index (χ1v) is 14.0. The maximum Gasteiger partial charge on any atom is 0.243 e. The normalized spacial score (nSPS) is 12.9. The largest absolute Gasteiger partial charge is 0.350 e. The maximum atomic E-state index is 13.4. The molecule has 0 aliphatic rings. The van der Waals surface area contributed by atoms with Gasteiger partial charge in [0.2, 0.25) is 21.8 Å². The molecule has 0 aliphatic heterocycles. The van der Waals surface area contributed by atoms with Crippen LogP contribution in [-0.2, 0) is 26.2 Å². The van der Waals surface area contributed by atoms with Crippen LogP contribution in [0.2, 0.25) is 10.0 Å². The van der Waals surface area contributed by atoms with Gasteiger partial charge in [0, 0.05) is 32.1 Å². The predicted molar refractivity (Wildman–Crippen MR) is 144 cm³/mol. The summed E-state index contributed by atoms with van der Waals surface area (Å²) in [6, 6.07) is 12.6. The van der Waals surface area contributed by atoms with Crippen molar-refractivity contribution in [2.45, 2.75) is 70.0 Å². The molecule has 0 aromatic heterocycles. The Balaban J connectivity index is 2.18. The van der Waals surface area contributed by atoms with Crippen LogP contribution in [0.3, 0.4) is 0 Å². The topological polar surface area (TPSA) is 86.8 Å². The van der Waals surface area contributed by atoms with Crippen molar-refractivity contribution in [3.8, 4) is 0 Å². The molecule has 0 spiro atoms. The van der Waals surface area contributed by atoms with Crippen molar-refractivity contribution in [2.75, 3.05) is 13.6 Å². The quantitative estimate of drug-likeness (QED) is 0.417. The molecule has 0 saturated heterocycles. The summed E-state index contributed by atoms with van der Waals surface area (Å²) in [4.78, 5) is 28.2. The minimum Gasteiger partial charge on any atom is -0.350 e. The smallest absolute Gasteiger partial charge is 0.243 e. The van der Waals surface area contributed by atoms with Crippen LogP contribution in [0.5, 0.6) is 0 Å². The van der Waals surface area contributed by atoms with Gasteiger partial charge in [-0.1, -0.05) is 54.4 Å². The zero-order valence-electron chi connectivity index (χ0n) is 21.4. The van der Waals surface area contributed by atoms with Gasteiger partial charge in [0.1, 0.15) is 6.04 Å². The number of hydrogen-bond donors (Lipinski definition) is 1. The monoisotopic (exact) mass is 555 g/mol. The molecular weight excluding hydrogens is 521 g/mol. The summed E-state index contributed by atoms with van der Waals surface area (Å²) in [6.07, 6.45) is 0.795. The van der Waals surface area contributed by atoms with Gasteiger partial charge in [-0.05, 0) is 63.4 Å². The lowest BCUT2D eigenvalue weighted by molar-refractivity contribution is -0.142. The summed E-state index contributed by atoms with van der Waals surface area (Å²) < 4.78 is 26.8. The summed E-state index contributed by atoms with van der Waals surface area (Å²) >= 11 is 12.2. The van der Waals surface area contributed by atoms with E-state index in [0.717, 1.165) is 5.56 Å². The van der Waals surface area contributed by atoms with E-state index < -0.39 is 21.6 Å². The molecule has 2 aromatic carbocycles. The van der Waals surface area contributed by atoms with Gasteiger partial charge in [-0.3, -0.25) is 9.59 Å². The van der Waals surface area contributed by atoms with Gasteiger partial charge in [0.05, 0.1) is 14.9 Å². The number of benzene rings is 2. The number of hydrogen-bond acceptors (Lipinski definition) is 4. The highest BCUT2D eigenvalue weighted by Crippen LogP contribution is 2.24. The van der Waals surface area contributed by atoms with E-state index in [1.54, 1.807) is 36.4 Å². The summed E-state index contributed by atoms with van der Waals surface area (Å²) in [6.45, 7) is 7.82. The minimum atomic E-state index is -3.65. The van der Waals surface area contributed by atoms with Crippen LogP contribution in [0.4, 0.5) is 0 Å². The van der Waals surface area contributed by atoms with E-state index in [2.05, 4.69) is 5.32 Å². The number of nitrogens with one attached hydrogen (secondary N) is 1. The molecule has 2 rings (SSSR count).